The molecule has 2 N–H and O–H groups in total. The standard InChI is InChI=1S/C11H12F2N2O/c12-8-2-1-7(5-9(8)13)6-10-11(16)15-4-3-14-10/h1-2,5,10,14H,3-4,6H2,(H,15,16)/t10-/m0/s1. The van der Waals surface area contributed by atoms with Crippen molar-refractivity contribution in [3.05, 3.63) is 35.4 Å². The van der Waals surface area contributed by atoms with Gasteiger partial charge in [0.2, 0.25) is 5.91 Å². The minimum Gasteiger partial charge on any atom is -0.353 e. The predicted octanol–water partition coefficient (Wildman–Crippen LogP) is 0.595. The molecule has 2 rings (SSSR count). The Morgan fingerprint density at radius 1 is 1.25 bits per heavy atom. The SMILES string of the molecule is O=C1NCCN[C@H]1Cc1ccc(F)c(F)c1. The van der Waals surface area contributed by atoms with Gasteiger partial charge in [0, 0.05) is 13.1 Å². The first-order valence-electron chi connectivity index (χ1n) is 5.12. The molecule has 0 unspecified atom stereocenters. The number of carbonyl (C=O) groups excluding carboxylic acids is 1. The highest BCUT2D eigenvalue weighted by Gasteiger charge is 2.21. The van der Waals surface area contributed by atoms with Gasteiger partial charge in [0.25, 0.3) is 0 Å². The summed E-state index contributed by atoms with van der Waals surface area (Å²) in [5.74, 6) is -1.85. The van der Waals surface area contributed by atoms with Crippen molar-refractivity contribution in [2.24, 2.45) is 0 Å². The molecule has 1 aromatic carbocycles. The van der Waals surface area contributed by atoms with Gasteiger partial charge in [0.15, 0.2) is 11.6 Å². The van der Waals surface area contributed by atoms with Crippen LogP contribution in [-0.2, 0) is 11.2 Å². The summed E-state index contributed by atoms with van der Waals surface area (Å²) in [5, 5.41) is 5.73. The zero-order chi connectivity index (χ0) is 11.5. The first-order chi connectivity index (χ1) is 7.66. The largest absolute Gasteiger partial charge is 0.353 e. The van der Waals surface area contributed by atoms with E-state index in [0.29, 0.717) is 25.1 Å². The van der Waals surface area contributed by atoms with Crippen LogP contribution >= 0.6 is 0 Å². The van der Waals surface area contributed by atoms with E-state index < -0.39 is 11.6 Å². The van der Waals surface area contributed by atoms with Crippen molar-refractivity contribution in [2.45, 2.75) is 12.5 Å². The van der Waals surface area contributed by atoms with E-state index in [9.17, 15) is 13.6 Å². The summed E-state index contributed by atoms with van der Waals surface area (Å²) in [4.78, 5) is 11.4. The highest BCUT2D eigenvalue weighted by atomic mass is 19.2. The molecular weight excluding hydrogens is 214 g/mol. The summed E-state index contributed by atoms with van der Waals surface area (Å²) >= 11 is 0. The lowest BCUT2D eigenvalue weighted by atomic mass is 10.0. The van der Waals surface area contributed by atoms with Gasteiger partial charge in [0.1, 0.15) is 0 Å². The van der Waals surface area contributed by atoms with E-state index in [0.717, 1.165) is 12.1 Å². The number of nitrogens with one attached hydrogen (secondary N) is 2. The summed E-state index contributed by atoms with van der Waals surface area (Å²) < 4.78 is 25.6. The van der Waals surface area contributed by atoms with Crippen molar-refractivity contribution in [3.63, 3.8) is 0 Å². The van der Waals surface area contributed by atoms with Crippen LogP contribution in [0.1, 0.15) is 5.56 Å². The highest BCUT2D eigenvalue weighted by molar-refractivity contribution is 5.82. The smallest absolute Gasteiger partial charge is 0.237 e. The van der Waals surface area contributed by atoms with Crippen LogP contribution in [0.25, 0.3) is 0 Å². The second-order valence-electron chi connectivity index (χ2n) is 3.75. The molecule has 3 nitrogen and oxygen atoms in total. The fourth-order valence-electron chi connectivity index (χ4n) is 1.72. The van der Waals surface area contributed by atoms with Gasteiger partial charge in [0.05, 0.1) is 6.04 Å². The van der Waals surface area contributed by atoms with E-state index in [-0.39, 0.29) is 11.9 Å². The number of amides is 1. The third kappa shape index (κ3) is 2.36. The maximum atomic E-state index is 12.9. The monoisotopic (exact) mass is 226 g/mol. The quantitative estimate of drug-likeness (QED) is 0.775. The first kappa shape index (κ1) is 11.0. The van der Waals surface area contributed by atoms with Crippen molar-refractivity contribution in [1.82, 2.24) is 10.6 Å². The van der Waals surface area contributed by atoms with Gasteiger partial charge in [-0.1, -0.05) is 6.07 Å². The molecule has 0 aliphatic carbocycles. The van der Waals surface area contributed by atoms with E-state index in [1.54, 1.807) is 0 Å². The van der Waals surface area contributed by atoms with E-state index in [2.05, 4.69) is 10.6 Å². The van der Waals surface area contributed by atoms with Gasteiger partial charge >= 0.3 is 0 Å². The van der Waals surface area contributed by atoms with Crippen molar-refractivity contribution in [1.29, 1.82) is 0 Å². The molecule has 1 aliphatic heterocycles. The maximum absolute atomic E-state index is 12.9. The Balaban J connectivity index is 2.08. The van der Waals surface area contributed by atoms with Gasteiger partial charge in [-0.25, -0.2) is 8.78 Å². The fourth-order valence-corrected chi connectivity index (χ4v) is 1.72. The summed E-state index contributed by atoms with van der Waals surface area (Å²) in [5.41, 5.74) is 0.605. The van der Waals surface area contributed by atoms with Crippen LogP contribution in [-0.4, -0.2) is 25.0 Å². The highest BCUT2D eigenvalue weighted by Crippen LogP contribution is 2.11. The van der Waals surface area contributed by atoms with Crippen LogP contribution in [0, 0.1) is 11.6 Å². The minimum absolute atomic E-state index is 0.101. The van der Waals surface area contributed by atoms with Gasteiger partial charge < -0.3 is 10.6 Å². The minimum atomic E-state index is -0.881. The zero-order valence-corrected chi connectivity index (χ0v) is 8.59. The van der Waals surface area contributed by atoms with Crippen molar-refractivity contribution < 1.29 is 13.6 Å². The lowest BCUT2D eigenvalue weighted by molar-refractivity contribution is -0.124. The molecule has 5 heteroatoms. The average molecular weight is 226 g/mol. The first-order valence-corrected chi connectivity index (χ1v) is 5.12. The zero-order valence-electron chi connectivity index (χ0n) is 8.59. The number of carbonyl (C=O) groups is 1. The molecular formula is C11H12F2N2O. The molecule has 86 valence electrons. The molecule has 1 fully saturated rings. The lowest BCUT2D eigenvalue weighted by Gasteiger charge is -2.23. The van der Waals surface area contributed by atoms with Crippen molar-refractivity contribution in [2.75, 3.05) is 13.1 Å². The molecule has 0 aromatic heterocycles. The normalized spacial score (nSPS) is 20.6. The van der Waals surface area contributed by atoms with Crippen LogP contribution < -0.4 is 10.6 Å². The van der Waals surface area contributed by atoms with Gasteiger partial charge in [-0.15, -0.1) is 0 Å². The maximum Gasteiger partial charge on any atom is 0.237 e. The Bertz CT molecular complexity index is 409. The van der Waals surface area contributed by atoms with Crippen LogP contribution in [0.2, 0.25) is 0 Å². The van der Waals surface area contributed by atoms with Crippen LogP contribution in [0.5, 0.6) is 0 Å². The third-order valence-electron chi connectivity index (χ3n) is 2.56. The van der Waals surface area contributed by atoms with Crippen LogP contribution in [0.3, 0.4) is 0 Å². The second kappa shape index (κ2) is 4.57. The molecule has 16 heavy (non-hydrogen) atoms. The number of hydrogen-bond acceptors (Lipinski definition) is 2. The third-order valence-corrected chi connectivity index (χ3v) is 2.56. The molecule has 0 spiro atoms. The van der Waals surface area contributed by atoms with Crippen molar-refractivity contribution in [3.8, 4) is 0 Å². The predicted molar refractivity (Wildman–Crippen MR) is 54.9 cm³/mol. The summed E-state index contributed by atoms with van der Waals surface area (Å²) in [6.07, 6.45) is 0.364. The molecule has 1 saturated heterocycles. The topological polar surface area (TPSA) is 41.1 Å². The summed E-state index contributed by atoms with van der Waals surface area (Å²) in [7, 11) is 0. The summed E-state index contributed by atoms with van der Waals surface area (Å²) in [6, 6.07) is 3.32. The average Bonchev–Trinajstić information content (AvgIpc) is 2.27. The Hall–Kier alpha value is -1.49. The van der Waals surface area contributed by atoms with Crippen molar-refractivity contribution >= 4 is 5.91 Å². The van der Waals surface area contributed by atoms with Crippen LogP contribution in [0.15, 0.2) is 18.2 Å². The molecule has 0 bridgehead atoms. The fraction of sp³-hybridized carbons (Fsp3) is 0.364. The molecule has 1 atom stereocenters. The number of rotatable bonds is 2. The number of halogens is 2. The Morgan fingerprint density at radius 3 is 2.75 bits per heavy atom. The second-order valence-corrected chi connectivity index (χ2v) is 3.75. The Kier molecular flexibility index (Phi) is 3.14. The Morgan fingerprint density at radius 2 is 2.06 bits per heavy atom. The number of piperazine rings is 1. The van der Waals surface area contributed by atoms with Gasteiger partial charge in [-0.2, -0.15) is 0 Å². The van der Waals surface area contributed by atoms with E-state index in [4.69, 9.17) is 0 Å². The molecule has 1 aliphatic rings. The van der Waals surface area contributed by atoms with Crippen LogP contribution in [0.4, 0.5) is 8.78 Å². The molecule has 0 saturated carbocycles. The molecule has 0 radical (unpaired) electrons. The van der Waals surface area contributed by atoms with Gasteiger partial charge in [-0.05, 0) is 24.1 Å². The van der Waals surface area contributed by atoms with Gasteiger partial charge in [-0.3, -0.25) is 4.79 Å². The van der Waals surface area contributed by atoms with E-state index >= 15 is 0 Å². The summed E-state index contributed by atoms with van der Waals surface area (Å²) in [6.45, 7) is 1.30. The Labute approximate surface area is 91.8 Å². The molecule has 1 aromatic rings. The molecule has 1 amide bonds. The van der Waals surface area contributed by atoms with E-state index in [1.165, 1.54) is 6.07 Å². The lowest BCUT2D eigenvalue weighted by Crippen LogP contribution is -2.53. The van der Waals surface area contributed by atoms with E-state index in [1.807, 2.05) is 0 Å². The molecule has 1 heterocycles. The number of benzene rings is 1. The number of hydrogen-bond donors (Lipinski definition) is 2.